The van der Waals surface area contributed by atoms with E-state index in [1.54, 1.807) is 23.1 Å². The minimum absolute atomic E-state index is 0.0433. The van der Waals surface area contributed by atoms with Crippen molar-refractivity contribution in [1.82, 2.24) is 4.31 Å². The van der Waals surface area contributed by atoms with Gasteiger partial charge in [-0.3, -0.25) is 9.59 Å². The molecule has 7 nitrogen and oxygen atoms in total. The van der Waals surface area contributed by atoms with Crippen molar-refractivity contribution in [3.63, 3.8) is 0 Å². The lowest BCUT2D eigenvalue weighted by molar-refractivity contribution is -0.122. The number of amides is 2. The number of hydrogen-bond donors (Lipinski definition) is 0. The van der Waals surface area contributed by atoms with Gasteiger partial charge in [0.1, 0.15) is 6.54 Å². The molecule has 3 heterocycles. The van der Waals surface area contributed by atoms with Gasteiger partial charge in [-0.2, -0.15) is 4.31 Å². The molecule has 0 radical (unpaired) electrons. The van der Waals surface area contributed by atoms with Crippen LogP contribution < -0.4 is 9.80 Å². The smallest absolute Gasteiger partial charge is 0.247 e. The first kappa shape index (κ1) is 21.2. The Balaban J connectivity index is 1.43. The summed E-state index contributed by atoms with van der Waals surface area (Å²) in [5, 5.41) is 0. The molecule has 0 saturated carbocycles. The van der Waals surface area contributed by atoms with Gasteiger partial charge < -0.3 is 9.80 Å². The van der Waals surface area contributed by atoms with E-state index in [0.29, 0.717) is 44.6 Å². The number of carbonyl (C=O) groups is 2. The van der Waals surface area contributed by atoms with Gasteiger partial charge in [-0.05, 0) is 67.5 Å². The molecule has 0 aliphatic carbocycles. The first-order chi connectivity index (χ1) is 15.4. The minimum atomic E-state index is -3.53. The molecule has 0 bridgehead atoms. The second-order valence-corrected chi connectivity index (χ2v) is 10.6. The lowest BCUT2D eigenvalue weighted by Crippen LogP contribution is -2.42. The molecule has 1 fully saturated rings. The lowest BCUT2D eigenvalue weighted by atomic mass is 10.1. The van der Waals surface area contributed by atoms with Crippen LogP contribution in [0.4, 0.5) is 11.4 Å². The summed E-state index contributed by atoms with van der Waals surface area (Å²) in [4.78, 5) is 29.6. The number of anilines is 2. The zero-order valence-electron chi connectivity index (χ0n) is 18.0. The van der Waals surface area contributed by atoms with Crippen LogP contribution in [0.25, 0.3) is 0 Å². The summed E-state index contributed by atoms with van der Waals surface area (Å²) < 4.78 is 27.5. The molecule has 3 aliphatic rings. The average Bonchev–Trinajstić information content (AvgIpc) is 3.45. The second-order valence-electron chi connectivity index (χ2n) is 8.66. The highest BCUT2D eigenvalue weighted by atomic mass is 32.2. The Morgan fingerprint density at radius 1 is 0.844 bits per heavy atom. The molecule has 168 valence electrons. The highest BCUT2D eigenvalue weighted by Crippen LogP contribution is 2.32. The predicted octanol–water partition coefficient (Wildman–Crippen LogP) is 2.73. The topological polar surface area (TPSA) is 78.0 Å². The molecular weight excluding hydrogens is 426 g/mol. The Bertz CT molecular complexity index is 1170. The molecule has 32 heavy (non-hydrogen) atoms. The van der Waals surface area contributed by atoms with Crippen molar-refractivity contribution < 1.29 is 18.0 Å². The zero-order valence-corrected chi connectivity index (χ0v) is 18.8. The maximum atomic E-state index is 13.2. The van der Waals surface area contributed by atoms with Gasteiger partial charge in [0, 0.05) is 37.4 Å². The van der Waals surface area contributed by atoms with Gasteiger partial charge in [0.2, 0.25) is 21.8 Å². The highest BCUT2D eigenvalue weighted by Gasteiger charge is 2.32. The number of fused-ring (bicyclic) bond motifs is 2. The molecular formula is C24H27N3O4S. The van der Waals surface area contributed by atoms with Gasteiger partial charge in [-0.1, -0.05) is 18.2 Å². The molecule has 2 aromatic carbocycles. The number of sulfonamides is 1. The molecule has 3 aliphatic heterocycles. The van der Waals surface area contributed by atoms with Gasteiger partial charge in [0.05, 0.1) is 4.90 Å². The molecule has 2 amide bonds. The summed E-state index contributed by atoms with van der Waals surface area (Å²) in [5.74, 6) is -0.218. The van der Waals surface area contributed by atoms with Crippen molar-refractivity contribution >= 4 is 33.2 Å². The summed E-state index contributed by atoms with van der Waals surface area (Å²) in [5.41, 5.74) is 3.51. The van der Waals surface area contributed by atoms with Crippen molar-refractivity contribution in [1.29, 1.82) is 0 Å². The van der Waals surface area contributed by atoms with Gasteiger partial charge >= 0.3 is 0 Å². The van der Waals surface area contributed by atoms with E-state index in [2.05, 4.69) is 0 Å². The number of para-hydroxylation sites is 1. The predicted molar refractivity (Wildman–Crippen MR) is 122 cm³/mol. The molecule has 0 spiro atoms. The Morgan fingerprint density at radius 3 is 2.44 bits per heavy atom. The molecule has 2 aromatic rings. The van der Waals surface area contributed by atoms with E-state index >= 15 is 0 Å². The highest BCUT2D eigenvalue weighted by molar-refractivity contribution is 7.89. The third kappa shape index (κ3) is 3.71. The molecule has 0 atom stereocenters. The average molecular weight is 454 g/mol. The molecule has 8 heteroatoms. The SMILES string of the molecule is O=C(CN1C(=O)CCCc2cc(S(=O)(=O)N3CCCC3)ccc21)N1CCc2ccccc21. The normalized spacial score (nSPS) is 19.1. The largest absolute Gasteiger partial charge is 0.310 e. The van der Waals surface area contributed by atoms with Crippen LogP contribution in [0.15, 0.2) is 47.4 Å². The number of rotatable bonds is 4. The molecule has 0 unspecified atom stereocenters. The van der Waals surface area contributed by atoms with Crippen LogP contribution in [0.1, 0.15) is 36.8 Å². The van der Waals surface area contributed by atoms with Gasteiger partial charge in [-0.25, -0.2) is 8.42 Å². The second kappa shape index (κ2) is 8.33. The Hall–Kier alpha value is -2.71. The monoisotopic (exact) mass is 453 g/mol. The standard InChI is InChI=1S/C24H27N3O4S/c28-23-9-5-7-19-16-20(32(30,31)25-13-3-4-14-25)10-11-22(19)27(23)17-24(29)26-15-12-18-6-1-2-8-21(18)26/h1-2,6,8,10-11,16H,3-5,7,9,12-15,17H2. The van der Waals surface area contributed by atoms with E-state index in [4.69, 9.17) is 0 Å². The summed E-state index contributed by atoms with van der Waals surface area (Å²) in [6.45, 7) is 1.67. The van der Waals surface area contributed by atoms with Crippen molar-refractivity contribution in [2.75, 3.05) is 36.0 Å². The first-order valence-electron chi connectivity index (χ1n) is 11.3. The third-order valence-corrected chi connectivity index (χ3v) is 8.56. The van der Waals surface area contributed by atoms with E-state index in [0.717, 1.165) is 36.1 Å². The lowest BCUT2D eigenvalue weighted by Gasteiger charge is -2.26. The zero-order chi connectivity index (χ0) is 22.3. The van der Waals surface area contributed by atoms with Crippen molar-refractivity contribution in [2.24, 2.45) is 0 Å². The molecule has 5 rings (SSSR count). The summed E-state index contributed by atoms with van der Waals surface area (Å²) >= 11 is 0. The molecule has 1 saturated heterocycles. The Morgan fingerprint density at radius 2 is 1.62 bits per heavy atom. The van der Waals surface area contributed by atoms with E-state index in [9.17, 15) is 18.0 Å². The van der Waals surface area contributed by atoms with Gasteiger partial charge in [0.15, 0.2) is 0 Å². The van der Waals surface area contributed by atoms with Crippen LogP contribution >= 0.6 is 0 Å². The van der Waals surface area contributed by atoms with Crippen LogP contribution in [0, 0.1) is 0 Å². The van der Waals surface area contributed by atoms with Crippen LogP contribution in [0.2, 0.25) is 0 Å². The molecule has 0 aromatic heterocycles. The van der Waals surface area contributed by atoms with E-state index in [-0.39, 0.29) is 23.3 Å². The summed E-state index contributed by atoms with van der Waals surface area (Å²) in [7, 11) is -3.53. The maximum absolute atomic E-state index is 13.2. The Labute approximate surface area is 188 Å². The fourth-order valence-corrected chi connectivity index (χ4v) is 6.52. The number of hydrogen-bond acceptors (Lipinski definition) is 4. The van der Waals surface area contributed by atoms with E-state index < -0.39 is 10.0 Å². The number of benzene rings is 2. The Kier molecular flexibility index (Phi) is 5.51. The van der Waals surface area contributed by atoms with Crippen LogP contribution in [0.5, 0.6) is 0 Å². The molecule has 0 N–H and O–H groups in total. The van der Waals surface area contributed by atoms with Crippen molar-refractivity contribution in [2.45, 2.75) is 43.4 Å². The minimum Gasteiger partial charge on any atom is -0.310 e. The maximum Gasteiger partial charge on any atom is 0.247 e. The summed E-state index contributed by atoms with van der Waals surface area (Å²) in [6, 6.07) is 12.8. The fraction of sp³-hybridized carbons (Fsp3) is 0.417. The number of aryl methyl sites for hydroxylation is 1. The quantitative estimate of drug-likeness (QED) is 0.713. The number of nitrogens with zero attached hydrogens (tertiary/aromatic N) is 3. The fourth-order valence-electron chi connectivity index (χ4n) is 4.95. The van der Waals surface area contributed by atoms with Gasteiger partial charge in [0.25, 0.3) is 0 Å². The van der Waals surface area contributed by atoms with Crippen LogP contribution in [-0.4, -0.2) is 50.7 Å². The summed E-state index contributed by atoms with van der Waals surface area (Å²) in [6.07, 6.45) is 4.16. The van der Waals surface area contributed by atoms with Crippen LogP contribution in [-0.2, 0) is 32.5 Å². The van der Waals surface area contributed by atoms with E-state index in [1.165, 1.54) is 9.21 Å². The number of carbonyl (C=O) groups excluding carboxylic acids is 2. The van der Waals surface area contributed by atoms with Gasteiger partial charge in [-0.15, -0.1) is 0 Å². The van der Waals surface area contributed by atoms with E-state index in [1.807, 2.05) is 24.3 Å². The van der Waals surface area contributed by atoms with Crippen molar-refractivity contribution in [3.05, 3.63) is 53.6 Å². The van der Waals surface area contributed by atoms with Crippen molar-refractivity contribution in [3.8, 4) is 0 Å². The van der Waals surface area contributed by atoms with Crippen LogP contribution in [0.3, 0.4) is 0 Å². The first-order valence-corrected chi connectivity index (χ1v) is 12.7. The third-order valence-electron chi connectivity index (χ3n) is 6.66.